The molecule has 0 saturated carbocycles. The standard InChI is InChI=1S/C33H36N2O9S2/c1-32(2)24-20-22(45-44-40)12-14-26(24)34(18-16-30(36)37)28(32)10-8-6-5-7-9-11-29-33(3,4)25-21-23(46(41,42)43)13-15-27(25)35(29)19-17-31(38)39/h5-15,20-21H,16-19H2,1-4H3,(H3-,36,37,38,39,40,41,42,43)/p+1. The van der Waals surface area contributed by atoms with Crippen molar-refractivity contribution in [2.24, 2.45) is 0 Å². The molecule has 2 aliphatic rings. The lowest BCUT2D eigenvalue weighted by atomic mass is 9.81. The SMILES string of the molecule is CC1(C)C(/C=C/C=C/C=C/C=C2/N(CCC(=O)O)c3ccc(S(=O)(=O)O)cc3C2(C)C)=[N+](CCC(=O)O)c2ccc(SOO)cc21. The van der Waals surface area contributed by atoms with Crippen molar-refractivity contribution in [3.63, 3.8) is 0 Å². The maximum absolute atomic E-state index is 11.8. The molecule has 46 heavy (non-hydrogen) atoms. The van der Waals surface area contributed by atoms with Crippen molar-refractivity contribution >= 4 is 51.2 Å². The summed E-state index contributed by atoms with van der Waals surface area (Å²) in [4.78, 5) is 25.1. The van der Waals surface area contributed by atoms with Gasteiger partial charge in [0.1, 0.15) is 6.42 Å². The van der Waals surface area contributed by atoms with E-state index in [1.165, 1.54) is 12.1 Å². The van der Waals surface area contributed by atoms with Crippen LogP contribution in [0.5, 0.6) is 0 Å². The molecular formula is C33H37N2O9S2+. The normalized spacial score (nSPS) is 18.0. The van der Waals surface area contributed by atoms with Crippen LogP contribution in [0.2, 0.25) is 0 Å². The van der Waals surface area contributed by atoms with Gasteiger partial charge in [0, 0.05) is 45.9 Å². The van der Waals surface area contributed by atoms with E-state index < -0.39 is 32.9 Å². The lowest BCUT2D eigenvalue weighted by Gasteiger charge is -2.26. The van der Waals surface area contributed by atoms with Crippen LogP contribution in [0.3, 0.4) is 0 Å². The number of benzene rings is 2. The van der Waals surface area contributed by atoms with Crippen LogP contribution >= 0.6 is 12.0 Å². The summed E-state index contributed by atoms with van der Waals surface area (Å²) in [6.07, 6.45) is 12.8. The van der Waals surface area contributed by atoms with Crippen LogP contribution in [0.15, 0.2) is 94.4 Å². The second kappa shape index (κ2) is 13.8. The largest absolute Gasteiger partial charge is 0.481 e. The minimum absolute atomic E-state index is 0.0445. The Balaban J connectivity index is 1.59. The summed E-state index contributed by atoms with van der Waals surface area (Å²) in [6, 6.07) is 9.92. The third kappa shape index (κ3) is 7.34. The van der Waals surface area contributed by atoms with Gasteiger partial charge in [-0.2, -0.15) is 17.3 Å². The highest BCUT2D eigenvalue weighted by Gasteiger charge is 2.44. The van der Waals surface area contributed by atoms with Gasteiger partial charge in [0.25, 0.3) is 10.1 Å². The summed E-state index contributed by atoms with van der Waals surface area (Å²) in [7, 11) is -4.42. The van der Waals surface area contributed by atoms with Gasteiger partial charge in [0.15, 0.2) is 12.3 Å². The van der Waals surface area contributed by atoms with Gasteiger partial charge in [-0.05, 0) is 55.8 Å². The first-order valence-electron chi connectivity index (χ1n) is 14.4. The zero-order chi connectivity index (χ0) is 33.9. The number of carboxylic acid groups (broad SMARTS) is 2. The van der Waals surface area contributed by atoms with E-state index in [2.05, 4.69) is 4.33 Å². The first-order valence-corrected chi connectivity index (χ1v) is 16.6. The van der Waals surface area contributed by atoms with Crippen molar-refractivity contribution in [1.82, 2.24) is 0 Å². The maximum atomic E-state index is 11.8. The average Bonchev–Trinajstić information content (AvgIpc) is 3.31. The van der Waals surface area contributed by atoms with Gasteiger partial charge in [-0.1, -0.05) is 44.2 Å². The highest BCUT2D eigenvalue weighted by molar-refractivity contribution is 7.94. The molecule has 0 spiro atoms. The number of nitrogens with zero attached hydrogens (tertiary/aromatic N) is 2. The summed E-state index contributed by atoms with van der Waals surface area (Å²) in [5.74, 6) is -1.86. The van der Waals surface area contributed by atoms with Crippen LogP contribution in [0.1, 0.15) is 51.7 Å². The summed E-state index contributed by atoms with van der Waals surface area (Å²) < 4.78 is 39.4. The topological polar surface area (TPSA) is 165 Å². The van der Waals surface area contributed by atoms with Gasteiger partial charge in [-0.25, -0.2) is 5.26 Å². The van der Waals surface area contributed by atoms with Crippen molar-refractivity contribution in [2.45, 2.75) is 61.2 Å². The van der Waals surface area contributed by atoms with Crippen LogP contribution in [-0.4, -0.2) is 63.8 Å². The Morgan fingerprint density at radius 1 is 0.913 bits per heavy atom. The number of anilines is 1. The second-order valence-electron chi connectivity index (χ2n) is 11.9. The second-order valence-corrected chi connectivity index (χ2v) is 14.1. The lowest BCUT2D eigenvalue weighted by Crippen LogP contribution is -2.28. The van der Waals surface area contributed by atoms with E-state index in [4.69, 9.17) is 5.26 Å². The fourth-order valence-corrected chi connectivity index (χ4v) is 6.83. The number of carbonyl (C=O) groups is 2. The molecule has 0 unspecified atom stereocenters. The van der Waals surface area contributed by atoms with Gasteiger partial charge < -0.3 is 15.1 Å². The fraction of sp³-hybridized carbons (Fsp3) is 0.303. The molecule has 2 aliphatic heterocycles. The fourth-order valence-electron chi connectivity index (χ4n) is 5.95. The Kier molecular flexibility index (Phi) is 10.4. The molecule has 2 aromatic carbocycles. The predicted molar refractivity (Wildman–Crippen MR) is 175 cm³/mol. The Labute approximate surface area is 272 Å². The molecule has 4 N–H and O–H groups in total. The Hall–Kier alpha value is -4.01. The number of hydrogen-bond donors (Lipinski definition) is 4. The number of hydrogen-bond acceptors (Lipinski definition) is 8. The summed E-state index contributed by atoms with van der Waals surface area (Å²) >= 11 is 0.832. The first kappa shape index (κ1) is 34.9. The van der Waals surface area contributed by atoms with Crippen molar-refractivity contribution in [3.05, 3.63) is 95.8 Å². The van der Waals surface area contributed by atoms with Crippen LogP contribution < -0.4 is 4.90 Å². The molecule has 2 aromatic rings. The van der Waals surface area contributed by atoms with Crippen LogP contribution in [-0.2, 0) is 34.9 Å². The molecule has 2 heterocycles. The Bertz CT molecular complexity index is 1800. The molecule has 4 rings (SSSR count). The molecule has 0 bridgehead atoms. The highest BCUT2D eigenvalue weighted by Crippen LogP contribution is 2.48. The molecule has 244 valence electrons. The van der Waals surface area contributed by atoms with E-state index >= 15 is 0 Å². The summed E-state index contributed by atoms with van der Waals surface area (Å²) in [5.41, 5.74) is 3.75. The molecule has 11 nitrogen and oxygen atoms in total. The van der Waals surface area contributed by atoms with Gasteiger partial charge in [-0.15, -0.1) is 0 Å². The van der Waals surface area contributed by atoms with Crippen LogP contribution in [0, 0.1) is 0 Å². The minimum Gasteiger partial charge on any atom is -0.481 e. The molecule has 0 amide bonds. The zero-order valence-electron chi connectivity index (χ0n) is 25.9. The van der Waals surface area contributed by atoms with Crippen LogP contribution in [0.4, 0.5) is 11.4 Å². The van der Waals surface area contributed by atoms with Crippen LogP contribution in [0.25, 0.3) is 0 Å². The number of carboxylic acids is 2. The van der Waals surface area contributed by atoms with Gasteiger partial charge in [0.2, 0.25) is 5.69 Å². The monoisotopic (exact) mass is 669 g/mol. The average molecular weight is 670 g/mol. The summed E-state index contributed by atoms with van der Waals surface area (Å²) in [6.45, 7) is 8.38. The van der Waals surface area contributed by atoms with E-state index in [0.29, 0.717) is 16.1 Å². The molecular weight excluding hydrogens is 633 g/mol. The maximum Gasteiger partial charge on any atom is 0.309 e. The smallest absolute Gasteiger partial charge is 0.309 e. The molecule has 13 heteroatoms. The van der Waals surface area contributed by atoms with Gasteiger partial charge >= 0.3 is 11.9 Å². The quantitative estimate of drug-likeness (QED) is 0.0486. The number of allylic oxidation sites excluding steroid dienone is 8. The molecule has 0 radical (unpaired) electrons. The van der Waals surface area contributed by atoms with Crippen molar-refractivity contribution in [3.8, 4) is 0 Å². The van der Waals surface area contributed by atoms with E-state index in [1.54, 1.807) is 12.1 Å². The highest BCUT2D eigenvalue weighted by atomic mass is 32.2. The minimum atomic E-state index is -4.42. The third-order valence-electron chi connectivity index (χ3n) is 8.21. The number of aliphatic carboxylic acids is 2. The number of rotatable bonds is 13. The first-order chi connectivity index (χ1) is 21.6. The van der Waals surface area contributed by atoms with E-state index in [1.807, 2.05) is 91.8 Å². The van der Waals surface area contributed by atoms with Gasteiger partial charge in [-0.3, -0.25) is 14.1 Å². The van der Waals surface area contributed by atoms with E-state index in [0.717, 1.165) is 34.7 Å². The summed E-state index contributed by atoms with van der Waals surface area (Å²) in [5, 5.41) is 27.5. The molecule has 0 aliphatic carbocycles. The lowest BCUT2D eigenvalue weighted by molar-refractivity contribution is -0.436. The predicted octanol–water partition coefficient (Wildman–Crippen LogP) is 6.11. The Morgan fingerprint density at radius 3 is 2.24 bits per heavy atom. The van der Waals surface area contributed by atoms with Gasteiger partial charge in [0.05, 0.1) is 28.8 Å². The van der Waals surface area contributed by atoms with E-state index in [-0.39, 0.29) is 30.8 Å². The number of fused-ring (bicyclic) bond motifs is 2. The van der Waals surface area contributed by atoms with Crippen molar-refractivity contribution in [2.75, 3.05) is 18.0 Å². The third-order valence-corrected chi connectivity index (χ3v) is 9.58. The van der Waals surface area contributed by atoms with Crippen molar-refractivity contribution < 1.29 is 46.9 Å². The Morgan fingerprint density at radius 2 is 1.59 bits per heavy atom. The van der Waals surface area contributed by atoms with E-state index in [9.17, 15) is 32.8 Å². The molecule has 0 atom stereocenters. The molecule has 0 aromatic heterocycles. The van der Waals surface area contributed by atoms with Crippen molar-refractivity contribution in [1.29, 1.82) is 0 Å². The zero-order valence-corrected chi connectivity index (χ0v) is 27.5. The molecule has 0 fully saturated rings. The molecule has 0 saturated heterocycles.